The lowest BCUT2D eigenvalue weighted by Gasteiger charge is -2.17. The molecule has 2 rings (SSSR count). The largest absolute Gasteiger partial charge is 0.482 e. The van der Waals surface area contributed by atoms with Gasteiger partial charge in [0.1, 0.15) is 5.75 Å². The van der Waals surface area contributed by atoms with Gasteiger partial charge in [0, 0.05) is 6.04 Å². The third-order valence-corrected chi connectivity index (χ3v) is 5.17. The zero-order valence-corrected chi connectivity index (χ0v) is 14.7. The number of ether oxygens (including phenoxy) is 1. The van der Waals surface area contributed by atoms with Gasteiger partial charge >= 0.3 is 5.97 Å². The van der Waals surface area contributed by atoms with Crippen LogP contribution in [0.2, 0.25) is 0 Å². The molecule has 0 heterocycles. The summed E-state index contributed by atoms with van der Waals surface area (Å²) in [6.45, 7) is 1.52. The molecule has 1 unspecified atom stereocenters. The number of hydrogen-bond acceptors (Lipinski definition) is 4. The summed E-state index contributed by atoms with van der Waals surface area (Å²) in [5.41, 5.74) is 0.935. The first-order valence-electron chi connectivity index (χ1n) is 7.91. The zero-order valence-electron chi connectivity index (χ0n) is 13.9. The maximum atomic E-state index is 12.4. The fourth-order valence-electron chi connectivity index (χ4n) is 2.31. The molecule has 0 saturated carbocycles. The Kier molecular flexibility index (Phi) is 6.55. The fourth-order valence-corrected chi connectivity index (χ4v) is 3.65. The van der Waals surface area contributed by atoms with Gasteiger partial charge in [0.25, 0.3) is 0 Å². The normalized spacial score (nSPS) is 12.5. The number of sulfonamides is 1. The molecule has 0 spiro atoms. The van der Waals surface area contributed by atoms with Crippen LogP contribution in [0.5, 0.6) is 5.75 Å². The second kappa shape index (κ2) is 8.64. The minimum atomic E-state index is -3.56. The highest BCUT2D eigenvalue weighted by atomic mass is 32.2. The van der Waals surface area contributed by atoms with Gasteiger partial charge in [-0.05, 0) is 42.7 Å². The lowest BCUT2D eigenvalue weighted by atomic mass is 10.0. The van der Waals surface area contributed by atoms with E-state index in [0.29, 0.717) is 18.6 Å². The number of carbonyl (C=O) groups is 1. The minimum Gasteiger partial charge on any atom is -0.482 e. The van der Waals surface area contributed by atoms with Gasteiger partial charge in [0.05, 0.1) is 4.90 Å². The molecule has 134 valence electrons. The first kappa shape index (κ1) is 19.0. The van der Waals surface area contributed by atoms with E-state index in [9.17, 15) is 13.2 Å². The predicted octanol–water partition coefficient (Wildman–Crippen LogP) is 2.45. The zero-order chi connectivity index (χ0) is 18.3. The summed E-state index contributed by atoms with van der Waals surface area (Å²) in [5.74, 6) is -0.575. The number of nitrogens with one attached hydrogen (secondary N) is 1. The summed E-state index contributed by atoms with van der Waals surface area (Å²) < 4.78 is 32.6. The Bertz CT molecular complexity index is 788. The highest BCUT2D eigenvalue weighted by molar-refractivity contribution is 7.89. The van der Waals surface area contributed by atoms with Crippen LogP contribution in [0.15, 0.2) is 59.5 Å². The van der Waals surface area contributed by atoms with E-state index in [1.165, 1.54) is 0 Å². The monoisotopic (exact) mass is 363 g/mol. The average molecular weight is 363 g/mol. The molecule has 1 atom stereocenters. The summed E-state index contributed by atoms with van der Waals surface area (Å²) >= 11 is 0. The van der Waals surface area contributed by atoms with Gasteiger partial charge in [-0.15, -0.1) is 0 Å². The summed E-state index contributed by atoms with van der Waals surface area (Å²) in [5, 5.41) is 8.59. The fraction of sp³-hybridized carbons (Fsp3) is 0.278. The molecule has 2 aromatic rings. The molecule has 2 N–H and O–H groups in total. The number of rotatable bonds is 9. The maximum Gasteiger partial charge on any atom is 0.341 e. The van der Waals surface area contributed by atoms with Gasteiger partial charge in [-0.3, -0.25) is 0 Å². The Morgan fingerprint density at radius 2 is 1.76 bits per heavy atom. The van der Waals surface area contributed by atoms with E-state index >= 15 is 0 Å². The number of benzene rings is 2. The van der Waals surface area contributed by atoms with Crippen molar-refractivity contribution in [1.29, 1.82) is 0 Å². The second-order valence-corrected chi connectivity index (χ2v) is 7.28. The van der Waals surface area contributed by atoms with E-state index in [0.717, 1.165) is 5.56 Å². The molecule has 0 aliphatic heterocycles. The van der Waals surface area contributed by atoms with Crippen LogP contribution in [-0.2, 0) is 21.2 Å². The molecular weight excluding hydrogens is 342 g/mol. The van der Waals surface area contributed by atoms with E-state index in [4.69, 9.17) is 9.84 Å². The Morgan fingerprint density at radius 1 is 1.12 bits per heavy atom. The van der Waals surface area contributed by atoms with Gasteiger partial charge in [0.15, 0.2) is 6.61 Å². The summed E-state index contributed by atoms with van der Waals surface area (Å²) in [7, 11) is -3.56. The van der Waals surface area contributed by atoms with Crippen molar-refractivity contribution in [2.75, 3.05) is 6.61 Å². The number of carboxylic acids is 1. The SMILES string of the molecule is CCC(Cc1ccc(OCC(=O)O)cc1)NS(=O)(=O)c1ccccc1. The van der Waals surface area contributed by atoms with Crippen molar-refractivity contribution in [2.45, 2.75) is 30.7 Å². The van der Waals surface area contributed by atoms with Gasteiger partial charge in [-0.1, -0.05) is 37.3 Å². The van der Waals surface area contributed by atoms with Crippen molar-refractivity contribution < 1.29 is 23.1 Å². The van der Waals surface area contributed by atoms with Crippen LogP contribution in [0.3, 0.4) is 0 Å². The maximum absolute atomic E-state index is 12.4. The van der Waals surface area contributed by atoms with Crippen molar-refractivity contribution in [3.63, 3.8) is 0 Å². The molecule has 0 saturated heterocycles. The van der Waals surface area contributed by atoms with E-state index in [1.807, 2.05) is 6.92 Å². The molecule has 0 fully saturated rings. The van der Waals surface area contributed by atoms with Crippen molar-refractivity contribution >= 4 is 16.0 Å². The van der Waals surface area contributed by atoms with E-state index in [-0.39, 0.29) is 10.9 Å². The molecule has 0 aliphatic rings. The highest BCUT2D eigenvalue weighted by Crippen LogP contribution is 2.16. The van der Waals surface area contributed by atoms with Crippen LogP contribution >= 0.6 is 0 Å². The molecule has 0 aromatic heterocycles. The third-order valence-electron chi connectivity index (χ3n) is 3.64. The lowest BCUT2D eigenvalue weighted by Crippen LogP contribution is -2.35. The highest BCUT2D eigenvalue weighted by Gasteiger charge is 2.19. The van der Waals surface area contributed by atoms with Crippen LogP contribution in [0, 0.1) is 0 Å². The standard InChI is InChI=1S/C18H21NO5S/c1-2-15(19-25(22,23)17-6-4-3-5-7-17)12-14-8-10-16(11-9-14)24-13-18(20)21/h3-11,15,19H,2,12-13H2,1H3,(H,20,21). The molecule has 6 nitrogen and oxygen atoms in total. The number of aliphatic carboxylic acids is 1. The Labute approximate surface area is 147 Å². The third kappa shape index (κ3) is 5.88. The van der Waals surface area contributed by atoms with Crippen LogP contribution in [0.25, 0.3) is 0 Å². The Hall–Kier alpha value is -2.38. The molecule has 25 heavy (non-hydrogen) atoms. The Morgan fingerprint density at radius 3 is 2.32 bits per heavy atom. The topological polar surface area (TPSA) is 92.7 Å². The van der Waals surface area contributed by atoms with Crippen molar-refractivity contribution in [1.82, 2.24) is 4.72 Å². The first-order valence-corrected chi connectivity index (χ1v) is 9.40. The summed E-state index contributed by atoms with van der Waals surface area (Å²) in [4.78, 5) is 10.7. The van der Waals surface area contributed by atoms with Crippen molar-refractivity contribution in [3.05, 3.63) is 60.2 Å². The average Bonchev–Trinajstić information content (AvgIpc) is 2.61. The molecule has 0 aliphatic carbocycles. The molecule has 0 amide bonds. The van der Waals surface area contributed by atoms with Gasteiger partial charge in [-0.25, -0.2) is 17.9 Å². The smallest absolute Gasteiger partial charge is 0.341 e. The summed E-state index contributed by atoms with van der Waals surface area (Å²) in [6.07, 6.45) is 1.17. The first-order chi connectivity index (χ1) is 11.9. The van der Waals surface area contributed by atoms with Crippen LogP contribution < -0.4 is 9.46 Å². The van der Waals surface area contributed by atoms with Gasteiger partial charge in [-0.2, -0.15) is 0 Å². The molecule has 0 radical (unpaired) electrons. The van der Waals surface area contributed by atoms with E-state index < -0.39 is 22.6 Å². The second-order valence-electron chi connectivity index (χ2n) is 5.57. The molecular formula is C18H21NO5S. The van der Waals surface area contributed by atoms with Crippen molar-refractivity contribution in [2.24, 2.45) is 0 Å². The van der Waals surface area contributed by atoms with E-state index in [1.54, 1.807) is 54.6 Å². The van der Waals surface area contributed by atoms with Crippen LogP contribution in [-0.4, -0.2) is 32.1 Å². The predicted molar refractivity (Wildman–Crippen MR) is 94.1 cm³/mol. The van der Waals surface area contributed by atoms with Gasteiger partial charge < -0.3 is 9.84 Å². The Balaban J connectivity index is 2.01. The van der Waals surface area contributed by atoms with Crippen LogP contribution in [0.4, 0.5) is 0 Å². The molecule has 0 bridgehead atoms. The summed E-state index contributed by atoms with van der Waals surface area (Å²) in [6, 6.07) is 15.0. The number of hydrogen-bond donors (Lipinski definition) is 2. The van der Waals surface area contributed by atoms with Gasteiger partial charge in [0.2, 0.25) is 10.0 Å². The molecule has 7 heteroatoms. The van der Waals surface area contributed by atoms with Crippen LogP contribution in [0.1, 0.15) is 18.9 Å². The number of carboxylic acid groups (broad SMARTS) is 1. The minimum absolute atomic E-state index is 0.240. The van der Waals surface area contributed by atoms with E-state index in [2.05, 4.69) is 4.72 Å². The van der Waals surface area contributed by atoms with Crippen molar-refractivity contribution in [3.8, 4) is 5.75 Å². The lowest BCUT2D eigenvalue weighted by molar-refractivity contribution is -0.139. The molecule has 2 aromatic carbocycles. The quantitative estimate of drug-likeness (QED) is 0.714.